The average molecular weight is 438 g/mol. The Hall–Kier alpha value is -2.35. The van der Waals surface area contributed by atoms with Gasteiger partial charge in [0.2, 0.25) is 11.8 Å². The number of hydrogen-bond acceptors (Lipinski definition) is 5. The molecule has 9 heteroatoms. The van der Waals surface area contributed by atoms with E-state index in [9.17, 15) is 9.18 Å². The van der Waals surface area contributed by atoms with Crippen LogP contribution < -0.4 is 15.6 Å². The summed E-state index contributed by atoms with van der Waals surface area (Å²) in [5.41, 5.74) is 3.82. The predicted molar refractivity (Wildman–Crippen MR) is 108 cm³/mol. The van der Waals surface area contributed by atoms with Crippen molar-refractivity contribution < 1.29 is 18.4 Å². The Bertz CT molecular complexity index is 1060. The number of rotatable bonds is 4. The lowest BCUT2D eigenvalue weighted by Gasteiger charge is -2.29. The lowest BCUT2D eigenvalue weighted by molar-refractivity contribution is -0.125. The van der Waals surface area contributed by atoms with Crippen molar-refractivity contribution in [2.45, 2.75) is 31.7 Å². The number of oxazole rings is 1. The minimum absolute atomic E-state index is 0.00545. The van der Waals surface area contributed by atoms with Crippen molar-refractivity contribution in [2.24, 2.45) is 0 Å². The van der Waals surface area contributed by atoms with Gasteiger partial charge < -0.3 is 14.6 Å². The molecule has 0 radical (unpaired) electrons. The summed E-state index contributed by atoms with van der Waals surface area (Å²) in [6.45, 7) is 1.77. The highest BCUT2D eigenvalue weighted by Gasteiger charge is 2.31. The zero-order chi connectivity index (χ0) is 20.5. The SMILES string of the molecule is CC(=O)NOc1ccc(Cl)c(F)c1[C@@H]1CC[C@H](c2nc3cccc(Cl)c3o2)NC1. The zero-order valence-corrected chi connectivity index (χ0v) is 17.0. The smallest absolute Gasteiger partial charge is 0.249 e. The number of nitrogens with zero attached hydrogens (tertiary/aromatic N) is 1. The van der Waals surface area contributed by atoms with Crippen LogP contribution in [0.5, 0.6) is 5.75 Å². The van der Waals surface area contributed by atoms with Crippen LogP contribution in [0.4, 0.5) is 4.39 Å². The summed E-state index contributed by atoms with van der Waals surface area (Å²) >= 11 is 12.1. The second-order valence-electron chi connectivity index (χ2n) is 6.91. The summed E-state index contributed by atoms with van der Waals surface area (Å²) in [5.74, 6) is -0.341. The number of hydroxylamine groups is 1. The van der Waals surface area contributed by atoms with Crippen LogP contribution in [0.2, 0.25) is 10.0 Å². The number of amides is 1. The number of piperidine rings is 1. The molecule has 1 aliphatic heterocycles. The van der Waals surface area contributed by atoms with Gasteiger partial charge in [-0.2, -0.15) is 5.48 Å². The van der Waals surface area contributed by atoms with E-state index in [1.807, 2.05) is 12.1 Å². The van der Waals surface area contributed by atoms with Crippen LogP contribution in [0.1, 0.15) is 43.2 Å². The number of carbonyl (C=O) groups is 1. The molecule has 152 valence electrons. The molecular formula is C20H18Cl2FN3O3. The maximum absolute atomic E-state index is 14.8. The van der Waals surface area contributed by atoms with Gasteiger partial charge in [-0.25, -0.2) is 9.37 Å². The normalized spacial score (nSPS) is 19.3. The third kappa shape index (κ3) is 4.03. The molecule has 1 aromatic heterocycles. The molecule has 3 aromatic rings. The van der Waals surface area contributed by atoms with E-state index < -0.39 is 5.82 Å². The summed E-state index contributed by atoms with van der Waals surface area (Å²) in [6, 6.07) is 8.25. The average Bonchev–Trinajstić information content (AvgIpc) is 3.15. The molecule has 2 heterocycles. The van der Waals surface area contributed by atoms with Crippen molar-refractivity contribution in [1.82, 2.24) is 15.8 Å². The summed E-state index contributed by atoms with van der Waals surface area (Å²) < 4.78 is 20.6. The molecule has 29 heavy (non-hydrogen) atoms. The first-order valence-corrected chi connectivity index (χ1v) is 9.89. The number of fused-ring (bicyclic) bond motifs is 1. The first-order valence-electron chi connectivity index (χ1n) is 9.13. The van der Waals surface area contributed by atoms with E-state index in [2.05, 4.69) is 15.8 Å². The van der Waals surface area contributed by atoms with E-state index in [1.54, 1.807) is 12.1 Å². The second kappa shape index (κ2) is 8.18. The van der Waals surface area contributed by atoms with Gasteiger partial charge in [-0.05, 0) is 37.1 Å². The zero-order valence-electron chi connectivity index (χ0n) is 15.5. The highest BCUT2D eigenvalue weighted by Crippen LogP contribution is 2.39. The molecule has 0 unspecified atom stereocenters. The van der Waals surface area contributed by atoms with Gasteiger partial charge >= 0.3 is 0 Å². The maximum Gasteiger partial charge on any atom is 0.249 e. The molecule has 2 atom stereocenters. The van der Waals surface area contributed by atoms with Crippen LogP contribution in [0.25, 0.3) is 11.1 Å². The fraction of sp³-hybridized carbons (Fsp3) is 0.300. The minimum atomic E-state index is -0.548. The third-order valence-corrected chi connectivity index (χ3v) is 5.49. The summed E-state index contributed by atoms with van der Waals surface area (Å²) in [5, 5.41) is 3.87. The quantitative estimate of drug-likeness (QED) is 0.566. The number of hydrogen-bond donors (Lipinski definition) is 2. The first kappa shape index (κ1) is 19.9. The summed E-state index contributed by atoms with van der Waals surface area (Å²) in [4.78, 5) is 21.0. The van der Waals surface area contributed by atoms with Crippen molar-refractivity contribution in [1.29, 1.82) is 0 Å². The molecule has 0 saturated carbocycles. The highest BCUT2D eigenvalue weighted by atomic mass is 35.5. The van der Waals surface area contributed by atoms with Crippen LogP contribution in [0.15, 0.2) is 34.7 Å². The van der Waals surface area contributed by atoms with E-state index in [0.717, 1.165) is 0 Å². The Morgan fingerprint density at radius 1 is 1.28 bits per heavy atom. The summed E-state index contributed by atoms with van der Waals surface area (Å²) in [6.07, 6.45) is 1.32. The largest absolute Gasteiger partial charge is 0.437 e. The Morgan fingerprint density at radius 2 is 2.10 bits per heavy atom. The van der Waals surface area contributed by atoms with Gasteiger partial charge in [0.05, 0.1) is 16.1 Å². The molecule has 2 aromatic carbocycles. The summed E-state index contributed by atoms with van der Waals surface area (Å²) in [7, 11) is 0. The van der Waals surface area contributed by atoms with Crippen molar-refractivity contribution in [3.8, 4) is 5.75 Å². The number of nitrogens with one attached hydrogen (secondary N) is 2. The van der Waals surface area contributed by atoms with Gasteiger partial charge in [-0.3, -0.25) is 4.79 Å². The molecule has 0 bridgehead atoms. The Balaban J connectivity index is 1.54. The van der Waals surface area contributed by atoms with Gasteiger partial charge in [0, 0.05) is 24.9 Å². The van der Waals surface area contributed by atoms with Gasteiger partial charge in [0.15, 0.2) is 11.3 Å². The molecule has 1 fully saturated rings. The van der Waals surface area contributed by atoms with Crippen molar-refractivity contribution in [3.63, 3.8) is 0 Å². The third-order valence-electron chi connectivity index (χ3n) is 4.90. The van der Waals surface area contributed by atoms with E-state index in [4.69, 9.17) is 32.5 Å². The molecule has 2 N–H and O–H groups in total. The Morgan fingerprint density at radius 3 is 2.79 bits per heavy atom. The molecule has 4 rings (SSSR count). The molecule has 1 aliphatic rings. The van der Waals surface area contributed by atoms with Crippen LogP contribution in [-0.2, 0) is 4.79 Å². The number of aromatic nitrogens is 1. The van der Waals surface area contributed by atoms with E-state index in [-0.39, 0.29) is 28.6 Å². The minimum Gasteiger partial charge on any atom is -0.437 e. The van der Waals surface area contributed by atoms with Crippen LogP contribution in [0, 0.1) is 5.82 Å². The monoisotopic (exact) mass is 437 g/mol. The molecule has 1 saturated heterocycles. The topological polar surface area (TPSA) is 76.4 Å². The molecule has 1 amide bonds. The fourth-order valence-corrected chi connectivity index (χ4v) is 3.91. The van der Waals surface area contributed by atoms with Gasteiger partial charge in [-0.1, -0.05) is 29.3 Å². The highest BCUT2D eigenvalue weighted by molar-refractivity contribution is 6.34. The van der Waals surface area contributed by atoms with Crippen molar-refractivity contribution in [2.75, 3.05) is 6.54 Å². The number of benzene rings is 2. The van der Waals surface area contributed by atoms with Gasteiger partial charge in [0.25, 0.3) is 0 Å². The van der Waals surface area contributed by atoms with Gasteiger partial charge in [0.1, 0.15) is 11.3 Å². The Labute approximate surface area is 176 Å². The predicted octanol–water partition coefficient (Wildman–Crippen LogP) is 4.91. The number of halogens is 3. The molecule has 6 nitrogen and oxygen atoms in total. The second-order valence-corrected chi connectivity index (χ2v) is 7.72. The number of carbonyl (C=O) groups excluding carboxylic acids is 1. The van der Waals surface area contributed by atoms with E-state index >= 15 is 0 Å². The van der Waals surface area contributed by atoms with Crippen molar-refractivity contribution >= 4 is 40.2 Å². The standard InChI is InChI=1S/C20H18Cl2FN3O3/c1-10(27)26-29-16-8-6-12(21)18(23)17(16)11-5-7-15(24-9-11)20-25-14-4-2-3-13(22)19(14)28-20/h2-4,6,8,11,15,24H,5,7,9H2,1H3,(H,26,27)/t11-,15-/m1/s1. The van der Waals surface area contributed by atoms with Crippen LogP contribution in [0.3, 0.4) is 0 Å². The fourth-order valence-electron chi connectivity index (χ4n) is 3.54. The number of para-hydroxylation sites is 1. The Kier molecular flexibility index (Phi) is 5.63. The lowest BCUT2D eigenvalue weighted by atomic mass is 9.87. The first-order chi connectivity index (χ1) is 13.9. The van der Waals surface area contributed by atoms with Crippen molar-refractivity contribution in [3.05, 3.63) is 57.6 Å². The molecule has 0 aliphatic carbocycles. The van der Waals surface area contributed by atoms with E-state index in [1.165, 1.54) is 13.0 Å². The maximum atomic E-state index is 14.8. The van der Waals surface area contributed by atoms with Gasteiger partial charge in [-0.15, -0.1) is 0 Å². The molecule has 0 spiro atoms. The van der Waals surface area contributed by atoms with E-state index in [0.29, 0.717) is 47.0 Å². The van der Waals surface area contributed by atoms with Crippen LogP contribution in [-0.4, -0.2) is 17.4 Å². The lowest BCUT2D eigenvalue weighted by Crippen LogP contribution is -2.33. The van der Waals surface area contributed by atoms with Crippen LogP contribution >= 0.6 is 23.2 Å². The molecular weight excluding hydrogens is 420 g/mol.